The molecule has 1 aliphatic carbocycles. The summed E-state index contributed by atoms with van der Waals surface area (Å²) in [5.41, 5.74) is 5.83. The standard InChI is InChI=1S/C23H30N6/c1-24-20-6-2-5-17-9-10-18(27-23(17)20)15-19-16-29-21(26-19)7-3-8-22(29)28-13-4-11-25-12-14-28/h3,7-10,16,20,24-25H,2,4-6,11-15H2,1H3. The van der Waals surface area contributed by atoms with Crippen molar-refractivity contribution in [2.75, 3.05) is 38.1 Å². The van der Waals surface area contributed by atoms with E-state index < -0.39 is 0 Å². The normalized spacial score (nSPS) is 19.9. The molecule has 0 aromatic carbocycles. The Morgan fingerprint density at radius 1 is 1.07 bits per heavy atom. The van der Waals surface area contributed by atoms with Gasteiger partial charge in [-0.3, -0.25) is 9.38 Å². The van der Waals surface area contributed by atoms with Crippen LogP contribution in [-0.4, -0.2) is 47.6 Å². The van der Waals surface area contributed by atoms with Crippen LogP contribution in [0.2, 0.25) is 0 Å². The van der Waals surface area contributed by atoms with E-state index in [2.05, 4.69) is 56.5 Å². The number of imidazole rings is 1. The molecule has 1 unspecified atom stereocenters. The van der Waals surface area contributed by atoms with E-state index in [4.69, 9.17) is 9.97 Å². The molecule has 1 atom stereocenters. The first-order valence-electron chi connectivity index (χ1n) is 10.9. The quantitative estimate of drug-likeness (QED) is 0.717. The van der Waals surface area contributed by atoms with Crippen molar-refractivity contribution >= 4 is 11.5 Å². The molecule has 152 valence electrons. The predicted octanol–water partition coefficient (Wildman–Crippen LogP) is 2.72. The van der Waals surface area contributed by atoms with Gasteiger partial charge < -0.3 is 15.5 Å². The van der Waals surface area contributed by atoms with E-state index in [1.165, 1.54) is 36.3 Å². The average Bonchev–Trinajstić information content (AvgIpc) is 2.97. The van der Waals surface area contributed by atoms with Crippen LogP contribution < -0.4 is 15.5 Å². The van der Waals surface area contributed by atoms with Crippen molar-refractivity contribution in [1.29, 1.82) is 0 Å². The maximum atomic E-state index is 5.03. The van der Waals surface area contributed by atoms with Crippen LogP contribution in [0, 0.1) is 0 Å². The van der Waals surface area contributed by atoms with Gasteiger partial charge in [-0.25, -0.2) is 4.98 Å². The number of aromatic nitrogens is 3. The van der Waals surface area contributed by atoms with Crippen molar-refractivity contribution in [3.8, 4) is 0 Å². The van der Waals surface area contributed by atoms with Gasteiger partial charge in [-0.15, -0.1) is 0 Å². The van der Waals surface area contributed by atoms with E-state index in [1.807, 2.05) is 7.05 Å². The van der Waals surface area contributed by atoms with Crippen molar-refractivity contribution < 1.29 is 0 Å². The Hall–Kier alpha value is -2.44. The lowest BCUT2D eigenvalue weighted by atomic mass is 9.91. The maximum Gasteiger partial charge on any atom is 0.138 e. The number of rotatable bonds is 4. The predicted molar refractivity (Wildman–Crippen MR) is 117 cm³/mol. The number of aryl methyl sites for hydroxylation is 1. The summed E-state index contributed by atoms with van der Waals surface area (Å²) in [6, 6.07) is 11.3. The summed E-state index contributed by atoms with van der Waals surface area (Å²) in [6.45, 7) is 4.24. The van der Waals surface area contributed by atoms with Crippen LogP contribution >= 0.6 is 0 Å². The summed E-state index contributed by atoms with van der Waals surface area (Å²) in [7, 11) is 2.04. The lowest BCUT2D eigenvalue weighted by molar-refractivity contribution is 0.481. The van der Waals surface area contributed by atoms with Crippen molar-refractivity contribution in [3.63, 3.8) is 0 Å². The lowest BCUT2D eigenvalue weighted by Gasteiger charge is -2.24. The van der Waals surface area contributed by atoms with Gasteiger partial charge in [-0.05, 0) is 63.0 Å². The molecule has 5 rings (SSSR count). The highest BCUT2D eigenvalue weighted by atomic mass is 15.2. The highest BCUT2D eigenvalue weighted by Gasteiger charge is 2.21. The highest BCUT2D eigenvalue weighted by Crippen LogP contribution is 2.28. The Morgan fingerprint density at radius 2 is 2.03 bits per heavy atom. The van der Waals surface area contributed by atoms with Gasteiger partial charge in [-0.2, -0.15) is 0 Å². The van der Waals surface area contributed by atoms with E-state index in [0.29, 0.717) is 6.04 Å². The molecule has 3 aromatic heterocycles. The first-order valence-corrected chi connectivity index (χ1v) is 10.9. The van der Waals surface area contributed by atoms with Crippen molar-refractivity contribution in [1.82, 2.24) is 25.0 Å². The van der Waals surface area contributed by atoms with Crippen LogP contribution in [0.15, 0.2) is 36.5 Å². The smallest absolute Gasteiger partial charge is 0.138 e. The molecular formula is C23H30N6. The molecule has 4 heterocycles. The Bertz CT molecular complexity index is 986. The average molecular weight is 391 g/mol. The van der Waals surface area contributed by atoms with E-state index in [9.17, 15) is 0 Å². The van der Waals surface area contributed by atoms with Gasteiger partial charge >= 0.3 is 0 Å². The van der Waals surface area contributed by atoms with Crippen LogP contribution in [-0.2, 0) is 12.8 Å². The number of pyridine rings is 2. The molecule has 2 N–H and O–H groups in total. The molecule has 0 radical (unpaired) electrons. The van der Waals surface area contributed by atoms with Crippen molar-refractivity contribution in [3.05, 3.63) is 59.2 Å². The molecule has 1 aliphatic heterocycles. The van der Waals surface area contributed by atoms with Crippen LogP contribution in [0.1, 0.15) is 47.9 Å². The summed E-state index contributed by atoms with van der Waals surface area (Å²) < 4.78 is 2.25. The van der Waals surface area contributed by atoms with E-state index in [0.717, 1.165) is 56.1 Å². The van der Waals surface area contributed by atoms with Gasteiger partial charge in [0, 0.05) is 44.0 Å². The molecule has 3 aromatic rings. The monoisotopic (exact) mass is 390 g/mol. The third-order valence-corrected chi connectivity index (χ3v) is 6.23. The van der Waals surface area contributed by atoms with Crippen LogP contribution in [0.5, 0.6) is 0 Å². The number of hydrogen-bond donors (Lipinski definition) is 2. The van der Waals surface area contributed by atoms with Crippen LogP contribution in [0.3, 0.4) is 0 Å². The van der Waals surface area contributed by atoms with Gasteiger partial charge in [0.15, 0.2) is 0 Å². The third kappa shape index (κ3) is 3.74. The molecule has 0 saturated carbocycles. The minimum atomic E-state index is 0.378. The summed E-state index contributed by atoms with van der Waals surface area (Å²) >= 11 is 0. The molecule has 1 fully saturated rings. The molecule has 0 bridgehead atoms. The zero-order chi connectivity index (χ0) is 19.6. The lowest BCUT2D eigenvalue weighted by Crippen LogP contribution is -2.29. The molecule has 6 heteroatoms. The van der Waals surface area contributed by atoms with Gasteiger partial charge in [-0.1, -0.05) is 12.1 Å². The molecule has 29 heavy (non-hydrogen) atoms. The van der Waals surface area contributed by atoms with Crippen LogP contribution in [0.25, 0.3) is 5.65 Å². The Morgan fingerprint density at radius 3 is 2.97 bits per heavy atom. The Balaban J connectivity index is 1.43. The summed E-state index contributed by atoms with van der Waals surface area (Å²) in [6.07, 6.45) is 7.68. The highest BCUT2D eigenvalue weighted by molar-refractivity contribution is 5.53. The fourth-order valence-corrected chi connectivity index (χ4v) is 4.72. The van der Waals surface area contributed by atoms with E-state index >= 15 is 0 Å². The second-order valence-corrected chi connectivity index (χ2v) is 8.19. The number of anilines is 1. The number of hydrogen-bond acceptors (Lipinski definition) is 5. The van der Waals surface area contributed by atoms with Gasteiger partial charge in [0.1, 0.15) is 11.5 Å². The number of fused-ring (bicyclic) bond motifs is 2. The third-order valence-electron chi connectivity index (χ3n) is 6.23. The zero-order valence-electron chi connectivity index (χ0n) is 17.2. The minimum absolute atomic E-state index is 0.378. The summed E-state index contributed by atoms with van der Waals surface area (Å²) in [5.74, 6) is 1.23. The topological polar surface area (TPSA) is 57.5 Å². The molecular weight excluding hydrogens is 360 g/mol. The van der Waals surface area contributed by atoms with E-state index in [-0.39, 0.29) is 0 Å². The van der Waals surface area contributed by atoms with Crippen molar-refractivity contribution in [2.45, 2.75) is 38.1 Å². The Kier molecular flexibility index (Phi) is 5.21. The summed E-state index contributed by atoms with van der Waals surface area (Å²) in [4.78, 5) is 12.4. The molecule has 6 nitrogen and oxygen atoms in total. The molecule has 0 spiro atoms. The van der Waals surface area contributed by atoms with E-state index in [1.54, 1.807) is 0 Å². The van der Waals surface area contributed by atoms with Crippen molar-refractivity contribution in [2.24, 2.45) is 0 Å². The second-order valence-electron chi connectivity index (χ2n) is 8.19. The molecule has 2 aliphatic rings. The second kappa shape index (κ2) is 8.13. The molecule has 1 saturated heterocycles. The largest absolute Gasteiger partial charge is 0.356 e. The summed E-state index contributed by atoms with van der Waals surface area (Å²) in [5, 5.41) is 6.91. The minimum Gasteiger partial charge on any atom is -0.356 e. The molecule has 0 amide bonds. The number of nitrogens with zero attached hydrogens (tertiary/aromatic N) is 4. The number of nitrogens with one attached hydrogen (secondary N) is 2. The van der Waals surface area contributed by atoms with Crippen LogP contribution in [0.4, 0.5) is 5.82 Å². The zero-order valence-corrected chi connectivity index (χ0v) is 17.2. The van der Waals surface area contributed by atoms with Gasteiger partial charge in [0.25, 0.3) is 0 Å². The fraction of sp³-hybridized carbons (Fsp3) is 0.478. The Labute approximate surface area is 172 Å². The fourth-order valence-electron chi connectivity index (χ4n) is 4.72. The SMILES string of the molecule is CNC1CCCc2ccc(Cc3cn4c(N5CCCNCC5)cccc4n3)nc21. The first kappa shape index (κ1) is 18.6. The maximum absolute atomic E-state index is 5.03. The first-order chi connectivity index (χ1) is 14.3. The van der Waals surface area contributed by atoms with Gasteiger partial charge in [0.05, 0.1) is 11.4 Å². The van der Waals surface area contributed by atoms with Gasteiger partial charge in [0.2, 0.25) is 0 Å².